The van der Waals surface area contributed by atoms with Crippen molar-refractivity contribution < 1.29 is 23.9 Å². The molecule has 4 rings (SSSR count). The van der Waals surface area contributed by atoms with Crippen LogP contribution in [0.5, 0.6) is 0 Å². The van der Waals surface area contributed by atoms with E-state index >= 15 is 0 Å². The van der Waals surface area contributed by atoms with Crippen LogP contribution >= 0.6 is 0 Å². The quantitative estimate of drug-likeness (QED) is 0.668. The minimum absolute atomic E-state index is 0.0228. The van der Waals surface area contributed by atoms with Crippen molar-refractivity contribution in [1.29, 1.82) is 0 Å². The van der Waals surface area contributed by atoms with Crippen LogP contribution in [-0.2, 0) is 15.0 Å². The van der Waals surface area contributed by atoms with Crippen molar-refractivity contribution in [2.75, 3.05) is 36.4 Å². The van der Waals surface area contributed by atoms with Crippen LogP contribution in [0, 0.1) is 18.8 Å². The van der Waals surface area contributed by atoms with Gasteiger partial charge in [0, 0.05) is 43.0 Å². The standard InChI is InChI=1S/C26H34N4O5/c1-16-21(28-25(35-16)26(2,3)4)22(31)27-17-8-10-18(11-9-17)29-12-14-30(15-13-29)23(32)19-6-5-7-20(19)24(33)34/h8-11,19-20H,5-7,12-15H2,1-4H3,(H,27,31)(H,33,34)/t19-,20-/m0/s1. The smallest absolute Gasteiger partial charge is 0.307 e. The van der Waals surface area contributed by atoms with Crippen molar-refractivity contribution in [3.8, 4) is 0 Å². The Hall–Kier alpha value is -3.36. The molecule has 0 spiro atoms. The third-order valence-electron chi connectivity index (χ3n) is 6.89. The Kier molecular flexibility index (Phi) is 6.87. The van der Waals surface area contributed by atoms with Crippen molar-refractivity contribution in [3.63, 3.8) is 0 Å². The molecule has 1 aliphatic carbocycles. The molecule has 2 aromatic rings. The van der Waals surface area contributed by atoms with Gasteiger partial charge < -0.3 is 24.6 Å². The van der Waals surface area contributed by atoms with E-state index in [-0.39, 0.29) is 22.9 Å². The van der Waals surface area contributed by atoms with Crippen molar-refractivity contribution in [3.05, 3.63) is 41.6 Å². The zero-order valence-corrected chi connectivity index (χ0v) is 20.8. The van der Waals surface area contributed by atoms with E-state index in [0.29, 0.717) is 56.4 Å². The number of aliphatic carboxylic acids is 1. The van der Waals surface area contributed by atoms with Crippen molar-refractivity contribution in [1.82, 2.24) is 9.88 Å². The number of carbonyl (C=O) groups is 3. The van der Waals surface area contributed by atoms with Gasteiger partial charge in [0.05, 0.1) is 11.8 Å². The molecule has 2 amide bonds. The SMILES string of the molecule is Cc1oc(C(C)(C)C)nc1C(=O)Nc1ccc(N2CCN(C(=O)[C@H]3CCC[C@@H]3C(=O)O)CC2)cc1. The van der Waals surface area contributed by atoms with Gasteiger partial charge >= 0.3 is 5.97 Å². The van der Waals surface area contributed by atoms with Crippen LogP contribution in [0.1, 0.15) is 62.2 Å². The molecule has 2 fully saturated rings. The van der Waals surface area contributed by atoms with E-state index in [0.717, 1.165) is 12.1 Å². The fourth-order valence-corrected chi connectivity index (χ4v) is 4.84. The summed E-state index contributed by atoms with van der Waals surface area (Å²) in [6.45, 7) is 10.2. The normalized spacial score (nSPS) is 20.7. The molecular weight excluding hydrogens is 448 g/mol. The lowest BCUT2D eigenvalue weighted by Gasteiger charge is -2.37. The number of piperazine rings is 1. The first-order chi connectivity index (χ1) is 16.5. The summed E-state index contributed by atoms with van der Waals surface area (Å²) in [6.07, 6.45) is 2.04. The summed E-state index contributed by atoms with van der Waals surface area (Å²) in [4.78, 5) is 45.4. The van der Waals surface area contributed by atoms with Gasteiger partial charge in [0.15, 0.2) is 5.69 Å². The van der Waals surface area contributed by atoms with Crippen LogP contribution in [0.3, 0.4) is 0 Å². The number of carbonyl (C=O) groups excluding carboxylic acids is 2. The number of oxazole rings is 1. The molecule has 2 aliphatic rings. The lowest BCUT2D eigenvalue weighted by atomic mass is 9.94. The molecule has 9 heteroatoms. The van der Waals surface area contributed by atoms with Gasteiger partial charge in [-0.2, -0.15) is 0 Å². The maximum absolute atomic E-state index is 12.9. The molecular formula is C26H34N4O5. The second-order valence-electron chi connectivity index (χ2n) is 10.5. The molecule has 0 unspecified atom stereocenters. The number of amides is 2. The van der Waals surface area contributed by atoms with Gasteiger partial charge in [-0.1, -0.05) is 27.2 Å². The molecule has 2 N–H and O–H groups in total. The number of hydrogen-bond acceptors (Lipinski definition) is 6. The molecule has 2 atom stereocenters. The van der Waals surface area contributed by atoms with Gasteiger partial charge in [-0.05, 0) is 44.0 Å². The highest BCUT2D eigenvalue weighted by Crippen LogP contribution is 2.34. The van der Waals surface area contributed by atoms with E-state index in [2.05, 4.69) is 15.2 Å². The second-order valence-corrected chi connectivity index (χ2v) is 10.5. The van der Waals surface area contributed by atoms with E-state index in [9.17, 15) is 19.5 Å². The zero-order chi connectivity index (χ0) is 25.3. The Morgan fingerprint density at radius 3 is 2.23 bits per heavy atom. The summed E-state index contributed by atoms with van der Waals surface area (Å²) in [5.74, 6) is -1.12. The van der Waals surface area contributed by atoms with Crippen LogP contribution < -0.4 is 10.2 Å². The number of carboxylic acid groups (broad SMARTS) is 1. The molecule has 188 valence electrons. The number of rotatable bonds is 5. The maximum atomic E-state index is 12.9. The van der Waals surface area contributed by atoms with Gasteiger partial charge in [0.2, 0.25) is 11.8 Å². The van der Waals surface area contributed by atoms with Gasteiger partial charge in [-0.3, -0.25) is 14.4 Å². The molecule has 2 heterocycles. The Morgan fingerprint density at radius 2 is 1.66 bits per heavy atom. The topological polar surface area (TPSA) is 116 Å². The number of anilines is 2. The summed E-state index contributed by atoms with van der Waals surface area (Å²) < 4.78 is 5.68. The second kappa shape index (κ2) is 9.71. The predicted octanol–water partition coefficient (Wildman–Crippen LogP) is 3.68. The summed E-state index contributed by atoms with van der Waals surface area (Å²) in [7, 11) is 0. The highest BCUT2D eigenvalue weighted by molar-refractivity contribution is 6.03. The van der Waals surface area contributed by atoms with Crippen LogP contribution in [0.4, 0.5) is 11.4 Å². The number of nitrogens with one attached hydrogen (secondary N) is 1. The monoisotopic (exact) mass is 482 g/mol. The molecule has 35 heavy (non-hydrogen) atoms. The number of aryl methyl sites for hydroxylation is 1. The maximum Gasteiger partial charge on any atom is 0.307 e. The fraction of sp³-hybridized carbons (Fsp3) is 0.538. The van der Waals surface area contributed by atoms with E-state index in [1.165, 1.54) is 0 Å². The lowest BCUT2D eigenvalue weighted by Crippen LogP contribution is -2.51. The van der Waals surface area contributed by atoms with E-state index in [1.807, 2.05) is 49.9 Å². The average molecular weight is 483 g/mol. The van der Waals surface area contributed by atoms with E-state index < -0.39 is 17.8 Å². The molecule has 1 aromatic carbocycles. The third kappa shape index (κ3) is 5.33. The van der Waals surface area contributed by atoms with Gasteiger partial charge in [0.1, 0.15) is 5.76 Å². The first kappa shape index (κ1) is 24.8. The molecule has 0 bridgehead atoms. The minimum Gasteiger partial charge on any atom is -0.481 e. The van der Waals surface area contributed by atoms with E-state index in [4.69, 9.17) is 4.42 Å². The number of aromatic nitrogens is 1. The van der Waals surface area contributed by atoms with Crippen LogP contribution in [0.15, 0.2) is 28.7 Å². The Morgan fingerprint density at radius 1 is 1.03 bits per heavy atom. The third-order valence-corrected chi connectivity index (χ3v) is 6.89. The summed E-state index contributed by atoms with van der Waals surface area (Å²) in [5.41, 5.74) is 1.67. The highest BCUT2D eigenvalue weighted by Gasteiger charge is 2.40. The van der Waals surface area contributed by atoms with Gasteiger partial charge in [-0.15, -0.1) is 0 Å². The van der Waals surface area contributed by atoms with Crippen molar-refractivity contribution in [2.24, 2.45) is 11.8 Å². The summed E-state index contributed by atoms with van der Waals surface area (Å²) >= 11 is 0. The highest BCUT2D eigenvalue weighted by atomic mass is 16.4. The number of nitrogens with zero attached hydrogens (tertiary/aromatic N) is 3. The number of hydrogen-bond donors (Lipinski definition) is 2. The first-order valence-electron chi connectivity index (χ1n) is 12.2. The first-order valence-corrected chi connectivity index (χ1v) is 12.2. The zero-order valence-electron chi connectivity index (χ0n) is 20.8. The molecule has 0 radical (unpaired) electrons. The lowest BCUT2D eigenvalue weighted by molar-refractivity contribution is -0.149. The summed E-state index contributed by atoms with van der Waals surface area (Å²) in [6, 6.07) is 7.59. The van der Waals surface area contributed by atoms with Gasteiger partial charge in [-0.25, -0.2) is 4.98 Å². The molecule has 1 saturated carbocycles. The van der Waals surface area contributed by atoms with Crippen LogP contribution in [-0.4, -0.2) is 59.0 Å². The minimum atomic E-state index is -0.861. The Bertz CT molecular complexity index is 1090. The average Bonchev–Trinajstić information content (AvgIpc) is 3.46. The largest absolute Gasteiger partial charge is 0.481 e. The Labute approximate surface area is 205 Å². The van der Waals surface area contributed by atoms with Crippen LogP contribution in [0.25, 0.3) is 0 Å². The number of benzene rings is 1. The van der Waals surface area contributed by atoms with Crippen molar-refractivity contribution >= 4 is 29.2 Å². The summed E-state index contributed by atoms with van der Waals surface area (Å²) in [5, 5.41) is 12.3. The van der Waals surface area contributed by atoms with Gasteiger partial charge in [0.25, 0.3) is 5.91 Å². The molecule has 1 saturated heterocycles. The molecule has 9 nitrogen and oxygen atoms in total. The van der Waals surface area contributed by atoms with E-state index in [1.54, 1.807) is 6.92 Å². The Balaban J connectivity index is 1.33. The van der Waals surface area contributed by atoms with Crippen molar-refractivity contribution in [2.45, 2.75) is 52.4 Å². The fourth-order valence-electron chi connectivity index (χ4n) is 4.84. The number of carboxylic acids is 1. The molecule has 1 aliphatic heterocycles. The van der Waals surface area contributed by atoms with Crippen LogP contribution in [0.2, 0.25) is 0 Å². The molecule has 1 aromatic heterocycles. The predicted molar refractivity (Wildman–Crippen MR) is 132 cm³/mol.